The zero-order valence-electron chi connectivity index (χ0n) is 16.1. The van der Waals surface area contributed by atoms with Crippen LogP contribution in [0.5, 0.6) is 5.75 Å². The van der Waals surface area contributed by atoms with Crippen LogP contribution in [0.3, 0.4) is 0 Å². The fourth-order valence-corrected chi connectivity index (χ4v) is 2.74. The molecule has 1 N–H and O–H groups in total. The first-order valence-corrected chi connectivity index (χ1v) is 8.93. The molecule has 1 aromatic heterocycles. The average molecular weight is 364 g/mol. The van der Waals surface area contributed by atoms with Gasteiger partial charge in [0.1, 0.15) is 18.4 Å². The second kappa shape index (κ2) is 8.03. The highest BCUT2D eigenvalue weighted by molar-refractivity contribution is 5.92. The van der Waals surface area contributed by atoms with Gasteiger partial charge in [0.25, 0.3) is 5.91 Å². The predicted molar refractivity (Wildman–Crippen MR) is 105 cm³/mol. The van der Waals surface area contributed by atoms with Crippen molar-refractivity contribution in [2.45, 2.75) is 33.6 Å². The van der Waals surface area contributed by atoms with E-state index in [1.165, 1.54) is 5.56 Å². The van der Waals surface area contributed by atoms with Crippen molar-refractivity contribution in [2.75, 3.05) is 11.9 Å². The predicted octanol–water partition coefficient (Wildman–Crippen LogP) is 4.03. The van der Waals surface area contributed by atoms with Crippen LogP contribution in [0.15, 0.2) is 49.1 Å². The molecule has 0 aliphatic rings. The summed E-state index contributed by atoms with van der Waals surface area (Å²) in [5, 5.41) is 10.6. The quantitative estimate of drug-likeness (QED) is 0.717. The molecule has 0 radical (unpaired) electrons. The zero-order valence-corrected chi connectivity index (χ0v) is 16.1. The van der Waals surface area contributed by atoms with Gasteiger partial charge in [0.2, 0.25) is 0 Å². The van der Waals surface area contributed by atoms with Crippen molar-refractivity contribution in [1.82, 2.24) is 14.8 Å². The first-order chi connectivity index (χ1) is 12.9. The number of carbonyl (C=O) groups excluding carboxylic acids is 1. The molecule has 0 saturated heterocycles. The molecule has 3 aromatic rings. The van der Waals surface area contributed by atoms with Gasteiger partial charge in [-0.1, -0.05) is 32.0 Å². The third kappa shape index (κ3) is 4.53. The highest BCUT2D eigenvalue weighted by Gasteiger charge is 2.12. The maximum absolute atomic E-state index is 12.4. The van der Waals surface area contributed by atoms with Gasteiger partial charge in [-0.2, -0.15) is 0 Å². The van der Waals surface area contributed by atoms with E-state index < -0.39 is 0 Å². The molecule has 0 aliphatic carbocycles. The Morgan fingerprint density at radius 2 is 1.85 bits per heavy atom. The number of anilines is 1. The lowest BCUT2D eigenvalue weighted by Gasteiger charge is -2.15. The molecule has 0 saturated carbocycles. The van der Waals surface area contributed by atoms with Crippen LogP contribution in [0.4, 0.5) is 5.69 Å². The zero-order chi connectivity index (χ0) is 19.4. The van der Waals surface area contributed by atoms with Crippen LogP contribution >= 0.6 is 0 Å². The second-order valence-corrected chi connectivity index (χ2v) is 6.91. The number of hydrogen-bond donors (Lipinski definition) is 1. The van der Waals surface area contributed by atoms with Crippen LogP contribution in [0.1, 0.15) is 36.5 Å². The van der Waals surface area contributed by atoms with Gasteiger partial charge >= 0.3 is 0 Å². The van der Waals surface area contributed by atoms with Gasteiger partial charge in [-0.15, -0.1) is 10.2 Å². The molecule has 0 spiro atoms. The van der Waals surface area contributed by atoms with Gasteiger partial charge < -0.3 is 10.1 Å². The number of carbonyl (C=O) groups is 1. The number of hydrogen-bond acceptors (Lipinski definition) is 4. The van der Waals surface area contributed by atoms with E-state index in [1.807, 2.05) is 50.2 Å². The monoisotopic (exact) mass is 364 g/mol. The summed E-state index contributed by atoms with van der Waals surface area (Å²) >= 11 is 0. The van der Waals surface area contributed by atoms with E-state index in [-0.39, 0.29) is 12.5 Å². The maximum atomic E-state index is 12.4. The lowest BCUT2D eigenvalue weighted by Crippen LogP contribution is -2.21. The molecule has 0 unspecified atom stereocenters. The van der Waals surface area contributed by atoms with Crippen LogP contribution in [0.2, 0.25) is 0 Å². The number of rotatable bonds is 6. The Labute approximate surface area is 159 Å². The standard InChI is InChI=1S/C21H24N4O2/c1-14(2)17-7-8-20(19(10-17)25-12-22-23-13-25)27-11-21(26)24-18-9-15(3)5-6-16(18)4/h5-10,12-14H,11H2,1-4H3,(H,24,26). The molecule has 6 nitrogen and oxygen atoms in total. The van der Waals surface area contributed by atoms with Crippen LogP contribution < -0.4 is 10.1 Å². The van der Waals surface area contributed by atoms with Crippen LogP contribution in [-0.4, -0.2) is 27.3 Å². The third-order valence-electron chi connectivity index (χ3n) is 4.37. The van der Waals surface area contributed by atoms with E-state index in [2.05, 4.69) is 29.4 Å². The summed E-state index contributed by atoms with van der Waals surface area (Å²) in [6, 6.07) is 11.9. The van der Waals surface area contributed by atoms with Gasteiger partial charge in [0, 0.05) is 5.69 Å². The number of aryl methyl sites for hydroxylation is 2. The molecule has 3 rings (SSSR count). The maximum Gasteiger partial charge on any atom is 0.262 e. The highest BCUT2D eigenvalue weighted by atomic mass is 16.5. The van der Waals surface area contributed by atoms with E-state index in [0.717, 1.165) is 22.5 Å². The van der Waals surface area contributed by atoms with E-state index in [4.69, 9.17) is 4.74 Å². The Balaban J connectivity index is 1.75. The van der Waals surface area contributed by atoms with Crippen molar-refractivity contribution in [1.29, 1.82) is 0 Å². The van der Waals surface area contributed by atoms with E-state index in [0.29, 0.717) is 11.7 Å². The summed E-state index contributed by atoms with van der Waals surface area (Å²) in [5.41, 5.74) is 4.89. The van der Waals surface area contributed by atoms with Crippen LogP contribution in [-0.2, 0) is 4.79 Å². The van der Waals surface area contributed by atoms with Gasteiger partial charge in [-0.3, -0.25) is 9.36 Å². The number of ether oxygens (including phenoxy) is 1. The van der Waals surface area contributed by atoms with Gasteiger partial charge in [-0.05, 0) is 54.7 Å². The molecule has 1 amide bonds. The van der Waals surface area contributed by atoms with Crippen molar-refractivity contribution >= 4 is 11.6 Å². The fourth-order valence-electron chi connectivity index (χ4n) is 2.74. The van der Waals surface area contributed by atoms with E-state index in [9.17, 15) is 4.79 Å². The molecule has 0 aliphatic heterocycles. The molecule has 27 heavy (non-hydrogen) atoms. The van der Waals surface area contributed by atoms with Crippen LogP contribution in [0.25, 0.3) is 5.69 Å². The molecule has 140 valence electrons. The molecule has 0 fully saturated rings. The normalized spacial score (nSPS) is 10.9. The Bertz CT molecular complexity index is 933. The van der Waals surface area contributed by atoms with Gasteiger partial charge in [0.05, 0.1) is 5.69 Å². The van der Waals surface area contributed by atoms with Gasteiger partial charge in [0.15, 0.2) is 6.61 Å². The SMILES string of the molecule is Cc1ccc(C)c(NC(=O)COc2ccc(C(C)C)cc2-n2cnnc2)c1. The molecule has 0 bridgehead atoms. The molecular weight excluding hydrogens is 340 g/mol. The minimum Gasteiger partial charge on any atom is -0.482 e. The number of benzene rings is 2. The molecular formula is C21H24N4O2. The second-order valence-electron chi connectivity index (χ2n) is 6.91. The Kier molecular flexibility index (Phi) is 5.54. The Morgan fingerprint density at radius 3 is 2.56 bits per heavy atom. The number of aromatic nitrogens is 3. The van der Waals surface area contributed by atoms with E-state index in [1.54, 1.807) is 17.2 Å². The van der Waals surface area contributed by atoms with Crippen molar-refractivity contribution in [2.24, 2.45) is 0 Å². The lowest BCUT2D eigenvalue weighted by molar-refractivity contribution is -0.118. The van der Waals surface area contributed by atoms with Gasteiger partial charge in [-0.25, -0.2) is 0 Å². The summed E-state index contributed by atoms with van der Waals surface area (Å²) in [5.74, 6) is 0.781. The van der Waals surface area contributed by atoms with Crippen molar-refractivity contribution in [3.05, 3.63) is 65.7 Å². The number of amides is 1. The Hall–Kier alpha value is -3.15. The molecule has 0 atom stereocenters. The minimum atomic E-state index is -0.202. The summed E-state index contributed by atoms with van der Waals surface area (Å²) in [6.07, 6.45) is 3.23. The molecule has 6 heteroatoms. The molecule has 1 heterocycles. The summed E-state index contributed by atoms with van der Waals surface area (Å²) < 4.78 is 7.59. The van der Waals surface area contributed by atoms with Crippen molar-refractivity contribution in [3.8, 4) is 11.4 Å². The third-order valence-corrected chi connectivity index (χ3v) is 4.37. The highest BCUT2D eigenvalue weighted by Crippen LogP contribution is 2.27. The smallest absolute Gasteiger partial charge is 0.262 e. The Morgan fingerprint density at radius 1 is 1.11 bits per heavy atom. The van der Waals surface area contributed by atoms with Crippen molar-refractivity contribution < 1.29 is 9.53 Å². The fraction of sp³-hybridized carbons (Fsp3) is 0.286. The lowest BCUT2D eigenvalue weighted by atomic mass is 10.0. The number of nitrogens with one attached hydrogen (secondary N) is 1. The topological polar surface area (TPSA) is 69.0 Å². The summed E-state index contributed by atoms with van der Waals surface area (Å²) in [6.45, 7) is 8.13. The minimum absolute atomic E-state index is 0.0798. The first-order valence-electron chi connectivity index (χ1n) is 8.93. The number of nitrogens with zero attached hydrogens (tertiary/aromatic N) is 3. The first kappa shape index (κ1) is 18.6. The summed E-state index contributed by atoms with van der Waals surface area (Å²) in [7, 11) is 0. The molecule has 2 aromatic carbocycles. The van der Waals surface area contributed by atoms with E-state index >= 15 is 0 Å². The summed E-state index contributed by atoms with van der Waals surface area (Å²) in [4.78, 5) is 12.4. The van der Waals surface area contributed by atoms with Crippen LogP contribution in [0, 0.1) is 13.8 Å². The largest absolute Gasteiger partial charge is 0.482 e. The average Bonchev–Trinajstić information content (AvgIpc) is 3.17. The van der Waals surface area contributed by atoms with Crippen molar-refractivity contribution in [3.63, 3.8) is 0 Å².